The maximum absolute atomic E-state index is 14.9. The Bertz CT molecular complexity index is 1220. The molecule has 0 radical (unpaired) electrons. The highest BCUT2D eigenvalue weighted by atomic mass is 19.1. The van der Waals surface area contributed by atoms with Crippen LogP contribution in [-0.2, 0) is 13.1 Å². The van der Waals surface area contributed by atoms with Crippen LogP contribution < -0.4 is 10.7 Å². The van der Waals surface area contributed by atoms with Crippen LogP contribution in [0, 0.1) is 12.7 Å². The minimum absolute atomic E-state index is 0.184. The molecule has 0 saturated heterocycles. The highest BCUT2D eigenvalue weighted by molar-refractivity contribution is 5.95. The normalized spacial score (nSPS) is 15.8. The van der Waals surface area contributed by atoms with E-state index in [0.717, 1.165) is 35.1 Å². The fraction of sp³-hybridized carbons (Fsp3) is 0.273. The van der Waals surface area contributed by atoms with Gasteiger partial charge in [0.05, 0.1) is 5.52 Å². The van der Waals surface area contributed by atoms with E-state index in [1.54, 1.807) is 18.2 Å². The number of halogens is 1. The number of nitrogens with one attached hydrogen (secondary N) is 1. The lowest BCUT2D eigenvalue weighted by Gasteiger charge is -2.17. The van der Waals surface area contributed by atoms with Crippen molar-refractivity contribution < 1.29 is 14.3 Å². The largest absolute Gasteiger partial charge is 0.477 e. The zero-order valence-corrected chi connectivity index (χ0v) is 15.4. The van der Waals surface area contributed by atoms with Gasteiger partial charge in [0.2, 0.25) is 5.43 Å². The van der Waals surface area contributed by atoms with Crippen LogP contribution >= 0.6 is 0 Å². The number of carboxylic acid groups (broad SMARTS) is 1. The third-order valence-electron chi connectivity index (χ3n) is 5.83. The fourth-order valence-corrected chi connectivity index (χ4v) is 4.23. The van der Waals surface area contributed by atoms with E-state index in [-0.39, 0.29) is 17.4 Å². The fourth-order valence-electron chi connectivity index (χ4n) is 4.23. The smallest absolute Gasteiger partial charge is 0.341 e. The minimum atomic E-state index is -1.22. The standard InChI is InChI=1S/C22H19FN2O3/c1-11-15(17-6-12-8-24-9-13(12)7-19(17)23)4-5-16-20(11)25(14-2-3-14)10-18(21(16)26)22(27)28/h4-7,10,14,24H,2-3,8-9H2,1H3,(H,27,28). The van der Waals surface area contributed by atoms with Crippen molar-refractivity contribution in [2.75, 3.05) is 0 Å². The van der Waals surface area contributed by atoms with Gasteiger partial charge in [-0.25, -0.2) is 9.18 Å². The first-order valence-corrected chi connectivity index (χ1v) is 9.40. The van der Waals surface area contributed by atoms with Crippen molar-refractivity contribution in [2.45, 2.75) is 38.9 Å². The average Bonchev–Trinajstić information content (AvgIpc) is 3.40. The number of benzene rings is 2. The summed E-state index contributed by atoms with van der Waals surface area (Å²) in [6, 6.07) is 7.01. The van der Waals surface area contributed by atoms with Crippen molar-refractivity contribution >= 4 is 16.9 Å². The second-order valence-electron chi connectivity index (χ2n) is 7.65. The number of hydrogen-bond acceptors (Lipinski definition) is 3. The number of pyridine rings is 1. The van der Waals surface area contributed by atoms with Crippen molar-refractivity contribution in [3.8, 4) is 11.1 Å². The third-order valence-corrected chi connectivity index (χ3v) is 5.83. The van der Waals surface area contributed by atoms with Crippen molar-refractivity contribution in [2.24, 2.45) is 0 Å². The van der Waals surface area contributed by atoms with E-state index < -0.39 is 11.4 Å². The van der Waals surface area contributed by atoms with Crippen LogP contribution in [-0.4, -0.2) is 15.6 Å². The molecule has 0 spiro atoms. The second kappa shape index (κ2) is 6.01. The van der Waals surface area contributed by atoms with Crippen LogP contribution in [0.1, 0.15) is 45.9 Å². The van der Waals surface area contributed by atoms with Crippen molar-refractivity contribution in [1.29, 1.82) is 0 Å². The topological polar surface area (TPSA) is 71.3 Å². The molecule has 3 aromatic rings. The predicted octanol–water partition coefficient (Wildman–Crippen LogP) is 3.75. The molecule has 1 aliphatic heterocycles. The number of aromatic nitrogens is 1. The Morgan fingerprint density at radius 3 is 2.57 bits per heavy atom. The van der Waals surface area contributed by atoms with Gasteiger partial charge in [0.15, 0.2) is 0 Å². The molecule has 0 amide bonds. The Hall–Kier alpha value is -2.99. The number of hydrogen-bond donors (Lipinski definition) is 2. The van der Waals surface area contributed by atoms with Crippen LogP contribution in [0.5, 0.6) is 0 Å². The number of fused-ring (bicyclic) bond motifs is 2. The Kier molecular flexibility index (Phi) is 3.67. The Balaban J connectivity index is 1.81. The Morgan fingerprint density at radius 1 is 1.18 bits per heavy atom. The Morgan fingerprint density at radius 2 is 1.89 bits per heavy atom. The summed E-state index contributed by atoms with van der Waals surface area (Å²) in [6.45, 7) is 3.26. The molecule has 5 rings (SSSR count). The number of carbonyl (C=O) groups is 1. The SMILES string of the molecule is Cc1c(-c2cc3c(cc2F)CNC3)ccc2c(=O)c(C(=O)O)cn(C3CC3)c12. The molecule has 28 heavy (non-hydrogen) atoms. The van der Waals surface area contributed by atoms with E-state index >= 15 is 0 Å². The van der Waals surface area contributed by atoms with Crippen molar-refractivity contribution in [1.82, 2.24) is 9.88 Å². The molecule has 0 atom stereocenters. The van der Waals surface area contributed by atoms with E-state index in [1.165, 1.54) is 6.20 Å². The summed E-state index contributed by atoms with van der Waals surface area (Å²) in [4.78, 5) is 24.2. The maximum Gasteiger partial charge on any atom is 0.341 e. The van der Waals surface area contributed by atoms with Gasteiger partial charge in [0.25, 0.3) is 0 Å². The highest BCUT2D eigenvalue weighted by Crippen LogP contribution is 2.40. The van der Waals surface area contributed by atoms with Gasteiger partial charge in [-0.15, -0.1) is 0 Å². The van der Waals surface area contributed by atoms with E-state index in [1.807, 2.05) is 17.6 Å². The van der Waals surface area contributed by atoms with Crippen LogP contribution in [0.4, 0.5) is 4.39 Å². The first kappa shape index (κ1) is 17.1. The lowest BCUT2D eigenvalue weighted by atomic mass is 9.94. The number of aryl methyl sites for hydroxylation is 1. The van der Waals surface area contributed by atoms with Gasteiger partial charge in [-0.2, -0.15) is 0 Å². The molecule has 0 unspecified atom stereocenters. The van der Waals surface area contributed by atoms with Crippen LogP contribution in [0.2, 0.25) is 0 Å². The van der Waals surface area contributed by atoms with Gasteiger partial charge in [0, 0.05) is 36.3 Å². The van der Waals surface area contributed by atoms with Gasteiger partial charge in [-0.1, -0.05) is 6.07 Å². The average molecular weight is 378 g/mol. The molecule has 1 aromatic heterocycles. The van der Waals surface area contributed by atoms with Gasteiger partial charge < -0.3 is 15.0 Å². The molecule has 1 saturated carbocycles. The highest BCUT2D eigenvalue weighted by Gasteiger charge is 2.28. The summed E-state index contributed by atoms with van der Waals surface area (Å²) in [5.41, 5.74) is 4.08. The molecule has 1 aliphatic carbocycles. The minimum Gasteiger partial charge on any atom is -0.477 e. The summed E-state index contributed by atoms with van der Waals surface area (Å²) < 4.78 is 16.8. The summed E-state index contributed by atoms with van der Waals surface area (Å²) in [6.07, 6.45) is 3.34. The first-order valence-electron chi connectivity index (χ1n) is 9.40. The molecular formula is C22H19FN2O3. The summed E-state index contributed by atoms with van der Waals surface area (Å²) in [7, 11) is 0. The molecule has 1 fully saturated rings. The molecule has 2 aliphatic rings. The molecule has 5 nitrogen and oxygen atoms in total. The second-order valence-corrected chi connectivity index (χ2v) is 7.65. The number of aromatic carboxylic acids is 1. The molecule has 6 heteroatoms. The molecule has 142 valence electrons. The summed E-state index contributed by atoms with van der Waals surface area (Å²) in [5.74, 6) is -1.51. The molecule has 2 N–H and O–H groups in total. The van der Waals surface area contributed by atoms with Crippen molar-refractivity contribution in [3.63, 3.8) is 0 Å². The molecular weight excluding hydrogens is 359 g/mol. The van der Waals surface area contributed by atoms with E-state index in [0.29, 0.717) is 29.6 Å². The van der Waals surface area contributed by atoms with Crippen molar-refractivity contribution in [3.05, 3.63) is 68.8 Å². The van der Waals surface area contributed by atoms with E-state index in [2.05, 4.69) is 5.32 Å². The molecule has 2 aromatic carbocycles. The zero-order chi connectivity index (χ0) is 19.6. The lowest BCUT2D eigenvalue weighted by Crippen LogP contribution is -2.19. The first-order chi connectivity index (χ1) is 13.5. The monoisotopic (exact) mass is 378 g/mol. The summed E-state index contributed by atoms with van der Waals surface area (Å²) in [5, 5.41) is 13.0. The van der Waals surface area contributed by atoms with E-state index in [9.17, 15) is 19.1 Å². The number of carboxylic acids is 1. The van der Waals surface area contributed by atoms with Crippen LogP contribution in [0.3, 0.4) is 0 Å². The molecule has 2 heterocycles. The Labute approximate surface area is 160 Å². The maximum atomic E-state index is 14.9. The number of nitrogens with zero attached hydrogens (tertiary/aromatic N) is 1. The van der Waals surface area contributed by atoms with Gasteiger partial charge in [0.1, 0.15) is 11.4 Å². The zero-order valence-electron chi connectivity index (χ0n) is 15.4. The lowest BCUT2D eigenvalue weighted by molar-refractivity contribution is 0.0695. The van der Waals surface area contributed by atoms with Crippen LogP contribution in [0.25, 0.3) is 22.0 Å². The van der Waals surface area contributed by atoms with Gasteiger partial charge >= 0.3 is 5.97 Å². The van der Waals surface area contributed by atoms with Gasteiger partial charge in [-0.05, 0) is 60.2 Å². The predicted molar refractivity (Wildman–Crippen MR) is 104 cm³/mol. The quantitative estimate of drug-likeness (QED) is 0.728. The summed E-state index contributed by atoms with van der Waals surface area (Å²) >= 11 is 0. The van der Waals surface area contributed by atoms with Crippen LogP contribution in [0.15, 0.2) is 35.3 Å². The molecule has 0 bridgehead atoms. The van der Waals surface area contributed by atoms with E-state index in [4.69, 9.17) is 0 Å². The number of rotatable bonds is 3. The third kappa shape index (κ3) is 2.48. The van der Waals surface area contributed by atoms with Gasteiger partial charge in [-0.3, -0.25) is 4.79 Å².